The Kier molecular flexibility index (Phi) is 3.23. The van der Waals surface area contributed by atoms with Gasteiger partial charge in [0.15, 0.2) is 0 Å². The molecule has 4 heteroatoms. The highest BCUT2D eigenvalue weighted by molar-refractivity contribution is 5.95. The van der Waals surface area contributed by atoms with E-state index < -0.39 is 11.8 Å². The second-order valence-corrected chi connectivity index (χ2v) is 2.91. The molecule has 0 aliphatic heterocycles. The summed E-state index contributed by atoms with van der Waals surface area (Å²) in [5, 5.41) is 11.5. The number of nitrogens with one attached hydrogen (secondary N) is 1. The van der Waals surface area contributed by atoms with Crippen molar-refractivity contribution < 1.29 is 14.7 Å². The van der Waals surface area contributed by atoms with Gasteiger partial charge in [0.2, 0.25) is 11.8 Å². The molecule has 1 rings (SSSR count). The topological polar surface area (TPSA) is 66.4 Å². The summed E-state index contributed by atoms with van der Waals surface area (Å²) in [4.78, 5) is 21.7. The lowest BCUT2D eigenvalue weighted by Crippen LogP contribution is -2.29. The number of carbonyl (C=O) groups is 2. The van der Waals surface area contributed by atoms with E-state index in [0.717, 1.165) is 0 Å². The number of phenolic OH excluding ortho intramolecular Hbond substituents is 1. The SMILES string of the molecule is CC(=O)NC(=O)Cc1ccccc1O. The zero-order valence-electron chi connectivity index (χ0n) is 7.78. The van der Waals surface area contributed by atoms with Crippen LogP contribution < -0.4 is 5.32 Å². The number of para-hydroxylation sites is 1. The van der Waals surface area contributed by atoms with E-state index in [1.165, 1.54) is 13.0 Å². The van der Waals surface area contributed by atoms with Gasteiger partial charge < -0.3 is 5.11 Å². The highest BCUT2D eigenvalue weighted by Gasteiger charge is 2.07. The molecule has 2 amide bonds. The Hall–Kier alpha value is -1.84. The smallest absolute Gasteiger partial charge is 0.231 e. The average molecular weight is 193 g/mol. The first-order valence-corrected chi connectivity index (χ1v) is 4.17. The molecule has 4 nitrogen and oxygen atoms in total. The number of phenols is 1. The molecule has 2 N–H and O–H groups in total. The summed E-state index contributed by atoms with van der Waals surface area (Å²) in [6.45, 7) is 1.27. The maximum Gasteiger partial charge on any atom is 0.231 e. The highest BCUT2D eigenvalue weighted by Crippen LogP contribution is 2.15. The summed E-state index contributed by atoms with van der Waals surface area (Å²) < 4.78 is 0. The fourth-order valence-corrected chi connectivity index (χ4v) is 1.07. The number of benzene rings is 1. The van der Waals surface area contributed by atoms with Crippen LogP contribution in [0, 0.1) is 0 Å². The minimum absolute atomic E-state index is 0.00620. The third kappa shape index (κ3) is 2.90. The molecular formula is C10H11NO3. The molecule has 0 aromatic heterocycles. The maximum atomic E-state index is 11.1. The summed E-state index contributed by atoms with van der Waals surface area (Å²) >= 11 is 0. The van der Waals surface area contributed by atoms with Crippen LogP contribution in [0.2, 0.25) is 0 Å². The number of hydrogen-bond acceptors (Lipinski definition) is 3. The monoisotopic (exact) mass is 193 g/mol. The first kappa shape index (κ1) is 10.2. The quantitative estimate of drug-likeness (QED) is 0.722. The van der Waals surface area contributed by atoms with Gasteiger partial charge in [-0.15, -0.1) is 0 Å². The van der Waals surface area contributed by atoms with Gasteiger partial charge in [-0.25, -0.2) is 0 Å². The van der Waals surface area contributed by atoms with Gasteiger partial charge in [0.25, 0.3) is 0 Å². The Labute approximate surface area is 81.6 Å². The van der Waals surface area contributed by atoms with E-state index in [1.807, 2.05) is 0 Å². The van der Waals surface area contributed by atoms with Crippen LogP contribution >= 0.6 is 0 Å². The van der Waals surface area contributed by atoms with Crippen molar-refractivity contribution in [2.75, 3.05) is 0 Å². The maximum absolute atomic E-state index is 11.1. The van der Waals surface area contributed by atoms with Crippen molar-refractivity contribution in [1.82, 2.24) is 5.32 Å². The molecule has 0 aliphatic carbocycles. The second-order valence-electron chi connectivity index (χ2n) is 2.91. The highest BCUT2D eigenvalue weighted by atomic mass is 16.3. The van der Waals surface area contributed by atoms with Gasteiger partial charge in [-0.2, -0.15) is 0 Å². The Morgan fingerprint density at radius 3 is 2.57 bits per heavy atom. The molecule has 0 heterocycles. The van der Waals surface area contributed by atoms with E-state index in [-0.39, 0.29) is 12.2 Å². The van der Waals surface area contributed by atoms with E-state index in [0.29, 0.717) is 5.56 Å². The third-order valence-electron chi connectivity index (χ3n) is 1.66. The van der Waals surface area contributed by atoms with Gasteiger partial charge in [0.1, 0.15) is 5.75 Å². The van der Waals surface area contributed by atoms with Gasteiger partial charge in [0.05, 0.1) is 6.42 Å². The second kappa shape index (κ2) is 4.41. The minimum atomic E-state index is -0.418. The van der Waals surface area contributed by atoms with Crippen LogP contribution in [0.1, 0.15) is 12.5 Å². The molecule has 0 unspecified atom stereocenters. The molecule has 0 saturated carbocycles. The van der Waals surface area contributed by atoms with Gasteiger partial charge in [0, 0.05) is 12.5 Å². The summed E-state index contributed by atoms with van der Waals surface area (Å²) in [6, 6.07) is 6.52. The van der Waals surface area contributed by atoms with Crippen LogP contribution in [0.15, 0.2) is 24.3 Å². The number of amides is 2. The van der Waals surface area contributed by atoms with E-state index in [1.54, 1.807) is 18.2 Å². The molecule has 0 radical (unpaired) electrons. The molecule has 1 aromatic carbocycles. The Balaban J connectivity index is 2.65. The summed E-state index contributed by atoms with van der Waals surface area (Å²) in [5.74, 6) is -0.754. The van der Waals surface area contributed by atoms with Gasteiger partial charge in [-0.05, 0) is 6.07 Å². The lowest BCUT2D eigenvalue weighted by molar-refractivity contribution is -0.128. The van der Waals surface area contributed by atoms with E-state index in [4.69, 9.17) is 0 Å². The van der Waals surface area contributed by atoms with Crippen molar-refractivity contribution in [1.29, 1.82) is 0 Å². The van der Waals surface area contributed by atoms with Crippen LogP contribution in [0.5, 0.6) is 5.75 Å². The largest absolute Gasteiger partial charge is 0.508 e. The van der Waals surface area contributed by atoms with Crippen LogP contribution in [0.3, 0.4) is 0 Å². The lowest BCUT2D eigenvalue weighted by Gasteiger charge is -2.03. The zero-order chi connectivity index (χ0) is 10.6. The van der Waals surface area contributed by atoms with Crippen LogP contribution in [0.4, 0.5) is 0 Å². The molecule has 0 bridgehead atoms. The van der Waals surface area contributed by atoms with Gasteiger partial charge in [-0.1, -0.05) is 18.2 Å². The average Bonchev–Trinajstić information content (AvgIpc) is 2.07. The van der Waals surface area contributed by atoms with Crippen LogP contribution in [0.25, 0.3) is 0 Å². The van der Waals surface area contributed by atoms with Crippen molar-refractivity contribution >= 4 is 11.8 Å². The van der Waals surface area contributed by atoms with Gasteiger partial charge >= 0.3 is 0 Å². The molecule has 0 atom stereocenters. The molecule has 0 fully saturated rings. The number of rotatable bonds is 2. The fourth-order valence-electron chi connectivity index (χ4n) is 1.07. The predicted molar refractivity (Wildman–Crippen MR) is 50.6 cm³/mol. The van der Waals surface area contributed by atoms with Crippen molar-refractivity contribution in [3.63, 3.8) is 0 Å². The summed E-state index contributed by atoms with van der Waals surface area (Å²) in [5.41, 5.74) is 0.506. The Morgan fingerprint density at radius 1 is 1.36 bits per heavy atom. The standard InChI is InChI=1S/C10H11NO3/c1-7(12)11-10(14)6-8-4-2-3-5-9(8)13/h2-5,13H,6H2,1H3,(H,11,12,14). The van der Waals surface area contributed by atoms with Crippen molar-refractivity contribution in [3.8, 4) is 5.75 Å². The molecule has 0 spiro atoms. The van der Waals surface area contributed by atoms with Crippen LogP contribution in [-0.2, 0) is 16.0 Å². The van der Waals surface area contributed by atoms with Crippen molar-refractivity contribution in [2.45, 2.75) is 13.3 Å². The first-order valence-electron chi connectivity index (χ1n) is 4.17. The molecule has 0 saturated heterocycles. The van der Waals surface area contributed by atoms with Crippen molar-refractivity contribution in [3.05, 3.63) is 29.8 Å². The van der Waals surface area contributed by atoms with E-state index in [9.17, 15) is 14.7 Å². The third-order valence-corrected chi connectivity index (χ3v) is 1.66. The first-order chi connectivity index (χ1) is 6.59. The zero-order valence-corrected chi connectivity index (χ0v) is 7.78. The number of hydrogen-bond donors (Lipinski definition) is 2. The summed E-state index contributed by atoms with van der Waals surface area (Å²) in [7, 11) is 0. The Morgan fingerprint density at radius 2 is 2.00 bits per heavy atom. The minimum Gasteiger partial charge on any atom is -0.508 e. The molecule has 14 heavy (non-hydrogen) atoms. The Bertz CT molecular complexity index is 360. The van der Waals surface area contributed by atoms with Crippen molar-refractivity contribution in [2.24, 2.45) is 0 Å². The van der Waals surface area contributed by atoms with E-state index in [2.05, 4.69) is 5.32 Å². The van der Waals surface area contributed by atoms with E-state index >= 15 is 0 Å². The normalized spacial score (nSPS) is 9.50. The molecule has 74 valence electrons. The predicted octanol–water partition coefficient (Wildman–Crippen LogP) is 0.597. The number of imide groups is 1. The molecular weight excluding hydrogens is 182 g/mol. The van der Waals surface area contributed by atoms with Crippen LogP contribution in [-0.4, -0.2) is 16.9 Å². The van der Waals surface area contributed by atoms with Gasteiger partial charge in [-0.3, -0.25) is 14.9 Å². The number of aromatic hydroxyl groups is 1. The summed E-state index contributed by atoms with van der Waals surface area (Å²) in [6.07, 6.45) is 0.00620. The fraction of sp³-hybridized carbons (Fsp3) is 0.200. The number of carbonyl (C=O) groups excluding carboxylic acids is 2. The molecule has 0 aliphatic rings. The molecule has 1 aromatic rings. The lowest BCUT2D eigenvalue weighted by atomic mass is 10.1.